The number of hydrogen-bond acceptors (Lipinski definition) is 5. The second-order valence-electron chi connectivity index (χ2n) is 5.69. The van der Waals surface area contributed by atoms with Crippen molar-refractivity contribution >= 4 is 24.3 Å². The molecule has 126 valence electrons. The minimum atomic E-state index is -0.690. The average molecular weight is 329 g/mol. The van der Waals surface area contributed by atoms with Crippen molar-refractivity contribution < 1.29 is 19.2 Å². The molecule has 1 aromatic rings. The lowest BCUT2D eigenvalue weighted by atomic mass is 10.1. The number of benzene rings is 1. The third-order valence-corrected chi connectivity index (χ3v) is 4.01. The number of nitrogens with zero attached hydrogens (tertiary/aromatic N) is 1. The standard InChI is InChI=1S/C17H19N3O4/c1-11-10-20(23-2)16(21)15(11)19-17(22)24-14-8-7-12-5-3-4-6-13(12)9-18-14/h3-9,11,15,18H,10H2,1-2H3,(H,19,22). The third-order valence-electron chi connectivity index (χ3n) is 4.01. The van der Waals surface area contributed by atoms with Gasteiger partial charge in [0.2, 0.25) is 5.88 Å². The monoisotopic (exact) mass is 329 g/mol. The van der Waals surface area contributed by atoms with Crippen LogP contribution in [-0.4, -0.2) is 36.8 Å². The van der Waals surface area contributed by atoms with Crippen LogP contribution in [0, 0.1) is 5.92 Å². The minimum absolute atomic E-state index is 0.0662. The smallest absolute Gasteiger partial charge is 0.393 e. The van der Waals surface area contributed by atoms with E-state index in [0.29, 0.717) is 6.54 Å². The highest BCUT2D eigenvalue weighted by atomic mass is 16.7. The number of rotatable bonds is 3. The molecule has 0 aromatic heterocycles. The summed E-state index contributed by atoms with van der Waals surface area (Å²) in [5.41, 5.74) is 0. The van der Waals surface area contributed by atoms with E-state index in [4.69, 9.17) is 9.57 Å². The molecule has 0 saturated carbocycles. The summed E-state index contributed by atoms with van der Waals surface area (Å²) in [5.74, 6) is -0.0656. The molecular formula is C17H19N3O4. The van der Waals surface area contributed by atoms with Gasteiger partial charge in [0, 0.05) is 12.1 Å². The Morgan fingerprint density at radius 2 is 2.04 bits per heavy atom. The molecule has 3 rings (SSSR count). The molecule has 7 nitrogen and oxygen atoms in total. The fourth-order valence-corrected chi connectivity index (χ4v) is 2.70. The number of carbonyl (C=O) groups excluding carboxylic acids is 2. The lowest BCUT2D eigenvalue weighted by molar-refractivity contribution is -0.168. The summed E-state index contributed by atoms with van der Waals surface area (Å²) in [5, 5.41) is 8.76. The third kappa shape index (κ3) is 3.26. The average Bonchev–Trinajstić information content (AvgIpc) is 2.75. The fraction of sp³-hybridized carbons (Fsp3) is 0.294. The van der Waals surface area contributed by atoms with Crippen LogP contribution in [0.25, 0.3) is 12.3 Å². The molecule has 0 aliphatic carbocycles. The van der Waals surface area contributed by atoms with E-state index >= 15 is 0 Å². The number of carbonyl (C=O) groups is 2. The quantitative estimate of drug-likeness (QED) is 0.802. The number of fused-ring (bicyclic) bond motifs is 1. The summed E-state index contributed by atoms with van der Waals surface area (Å²) in [7, 11) is 1.43. The number of ether oxygens (including phenoxy) is 1. The predicted molar refractivity (Wildman–Crippen MR) is 87.1 cm³/mol. The van der Waals surface area contributed by atoms with Crippen LogP contribution in [0.5, 0.6) is 0 Å². The first-order chi connectivity index (χ1) is 11.6. The Hall–Kier alpha value is -2.80. The van der Waals surface area contributed by atoms with Crippen molar-refractivity contribution in [3.05, 3.63) is 46.7 Å². The Morgan fingerprint density at radius 1 is 1.29 bits per heavy atom. The summed E-state index contributed by atoms with van der Waals surface area (Å²) < 4.78 is 5.26. The number of hydrogen-bond donors (Lipinski definition) is 2. The zero-order valence-corrected chi connectivity index (χ0v) is 13.5. The lowest BCUT2D eigenvalue weighted by Crippen LogP contribution is -2.44. The molecule has 2 amide bonds. The molecule has 2 aliphatic heterocycles. The van der Waals surface area contributed by atoms with Crippen molar-refractivity contribution in [3.8, 4) is 0 Å². The molecule has 2 aliphatic rings. The van der Waals surface area contributed by atoms with Crippen molar-refractivity contribution in [2.45, 2.75) is 13.0 Å². The summed E-state index contributed by atoms with van der Waals surface area (Å²) in [6.45, 7) is 2.29. The molecule has 24 heavy (non-hydrogen) atoms. The van der Waals surface area contributed by atoms with Gasteiger partial charge in [0.15, 0.2) is 0 Å². The van der Waals surface area contributed by atoms with Gasteiger partial charge < -0.3 is 15.4 Å². The number of amides is 2. The topological polar surface area (TPSA) is 79.9 Å². The Bertz CT molecular complexity index is 802. The van der Waals surface area contributed by atoms with Crippen molar-refractivity contribution in [2.75, 3.05) is 13.7 Å². The molecule has 1 fully saturated rings. The Labute approximate surface area is 139 Å². The molecule has 0 radical (unpaired) electrons. The predicted octanol–water partition coefficient (Wildman–Crippen LogP) is -0.216. The maximum atomic E-state index is 12.1. The number of nitrogens with one attached hydrogen (secondary N) is 2. The Kier molecular flexibility index (Phi) is 4.52. The van der Waals surface area contributed by atoms with Crippen LogP contribution >= 0.6 is 0 Å². The number of hydroxylamine groups is 2. The van der Waals surface area contributed by atoms with Crippen molar-refractivity contribution in [3.63, 3.8) is 0 Å². The maximum absolute atomic E-state index is 12.1. The molecule has 2 atom stereocenters. The number of alkyl carbamates (subject to hydrolysis) is 1. The molecule has 1 saturated heterocycles. The fourth-order valence-electron chi connectivity index (χ4n) is 2.70. The Balaban J connectivity index is 1.65. The van der Waals surface area contributed by atoms with Gasteiger partial charge in [-0.25, -0.2) is 9.86 Å². The van der Waals surface area contributed by atoms with Gasteiger partial charge in [-0.1, -0.05) is 31.2 Å². The molecule has 7 heteroatoms. The van der Waals surface area contributed by atoms with Crippen molar-refractivity contribution in [1.82, 2.24) is 15.7 Å². The zero-order valence-electron chi connectivity index (χ0n) is 13.5. The highest BCUT2D eigenvalue weighted by Crippen LogP contribution is 2.18. The van der Waals surface area contributed by atoms with Gasteiger partial charge in [-0.2, -0.15) is 0 Å². The van der Waals surface area contributed by atoms with E-state index in [1.165, 1.54) is 12.2 Å². The molecule has 2 N–H and O–H groups in total. The van der Waals surface area contributed by atoms with Crippen molar-refractivity contribution in [2.24, 2.45) is 5.92 Å². The first kappa shape index (κ1) is 16.1. The highest BCUT2D eigenvalue weighted by molar-refractivity contribution is 5.87. The van der Waals surface area contributed by atoms with Crippen LogP contribution < -0.4 is 21.1 Å². The van der Waals surface area contributed by atoms with Crippen molar-refractivity contribution in [1.29, 1.82) is 0 Å². The molecule has 2 unspecified atom stereocenters. The van der Waals surface area contributed by atoms with Crippen LogP contribution in [-0.2, 0) is 14.4 Å². The molecular weight excluding hydrogens is 310 g/mol. The van der Waals surface area contributed by atoms with E-state index in [1.807, 2.05) is 37.3 Å². The zero-order chi connectivity index (χ0) is 17.1. The van der Waals surface area contributed by atoms with Gasteiger partial charge in [-0.15, -0.1) is 0 Å². The SMILES string of the molecule is CON1CC(C)C(NC(=O)OC2=CC=c3ccccc3=CN2)C1=O. The van der Waals surface area contributed by atoms with Crippen LogP contribution in [0.2, 0.25) is 0 Å². The molecule has 0 bridgehead atoms. The largest absolute Gasteiger partial charge is 0.414 e. The summed E-state index contributed by atoms with van der Waals surface area (Å²) >= 11 is 0. The first-order valence-electron chi connectivity index (χ1n) is 7.66. The second kappa shape index (κ2) is 6.76. The first-order valence-corrected chi connectivity index (χ1v) is 7.66. The molecule has 2 heterocycles. The van der Waals surface area contributed by atoms with E-state index in [1.54, 1.807) is 12.3 Å². The van der Waals surface area contributed by atoms with Gasteiger partial charge in [0.1, 0.15) is 6.04 Å². The van der Waals surface area contributed by atoms with E-state index in [-0.39, 0.29) is 17.7 Å². The summed E-state index contributed by atoms with van der Waals surface area (Å²) in [6, 6.07) is 7.12. The van der Waals surface area contributed by atoms with Crippen LogP contribution in [0.1, 0.15) is 6.92 Å². The van der Waals surface area contributed by atoms with Crippen LogP contribution in [0.3, 0.4) is 0 Å². The molecule has 1 aromatic carbocycles. The van der Waals surface area contributed by atoms with Crippen LogP contribution in [0.4, 0.5) is 4.79 Å². The second-order valence-corrected chi connectivity index (χ2v) is 5.69. The van der Waals surface area contributed by atoms with Gasteiger partial charge in [0.25, 0.3) is 5.91 Å². The van der Waals surface area contributed by atoms with E-state index in [2.05, 4.69) is 10.6 Å². The Morgan fingerprint density at radius 3 is 2.75 bits per heavy atom. The minimum Gasteiger partial charge on any atom is -0.393 e. The van der Waals surface area contributed by atoms with Gasteiger partial charge in [-0.05, 0) is 22.6 Å². The van der Waals surface area contributed by atoms with Gasteiger partial charge >= 0.3 is 6.09 Å². The van der Waals surface area contributed by atoms with E-state index < -0.39 is 12.1 Å². The van der Waals surface area contributed by atoms with E-state index in [9.17, 15) is 9.59 Å². The van der Waals surface area contributed by atoms with Gasteiger partial charge in [-0.3, -0.25) is 9.63 Å². The lowest BCUT2D eigenvalue weighted by Gasteiger charge is -2.15. The number of allylic oxidation sites excluding steroid dienone is 1. The van der Waals surface area contributed by atoms with E-state index in [0.717, 1.165) is 10.4 Å². The highest BCUT2D eigenvalue weighted by Gasteiger charge is 2.39. The normalized spacial score (nSPS) is 22.3. The summed E-state index contributed by atoms with van der Waals surface area (Å²) in [6.07, 6.45) is 4.59. The van der Waals surface area contributed by atoms with Gasteiger partial charge in [0.05, 0.1) is 13.7 Å². The summed E-state index contributed by atoms with van der Waals surface area (Å²) in [4.78, 5) is 29.1. The van der Waals surface area contributed by atoms with Crippen LogP contribution in [0.15, 0.2) is 36.2 Å². The maximum Gasteiger partial charge on any atom is 0.414 e. The molecule has 0 spiro atoms.